The Morgan fingerprint density at radius 2 is 2.33 bits per heavy atom. The largest absolute Gasteiger partial charge is 0.340 e. The van der Waals surface area contributed by atoms with Crippen molar-refractivity contribution in [2.24, 2.45) is 7.05 Å². The molecule has 0 radical (unpaired) electrons. The molecule has 0 atom stereocenters. The van der Waals surface area contributed by atoms with Crippen LogP contribution in [0.2, 0.25) is 0 Å². The van der Waals surface area contributed by atoms with Gasteiger partial charge >= 0.3 is 0 Å². The molecule has 0 saturated carbocycles. The molecule has 0 fully saturated rings. The summed E-state index contributed by atoms with van der Waals surface area (Å²) >= 11 is 0. The van der Waals surface area contributed by atoms with Crippen molar-refractivity contribution >= 4 is 0 Å². The smallest absolute Gasteiger partial charge is 0.223 e. The van der Waals surface area contributed by atoms with E-state index in [4.69, 9.17) is 4.52 Å². The third kappa shape index (κ3) is 2.59. The summed E-state index contributed by atoms with van der Waals surface area (Å²) in [5.74, 6) is 1.22. The number of hydrogen-bond donors (Lipinski definition) is 1. The normalized spacial score (nSPS) is 10.8. The van der Waals surface area contributed by atoms with Crippen LogP contribution in [0.5, 0.6) is 0 Å². The average Bonchev–Trinajstić information content (AvgIpc) is 2.76. The summed E-state index contributed by atoms with van der Waals surface area (Å²) in [5.41, 5.74) is 0.887. The van der Waals surface area contributed by atoms with Gasteiger partial charge in [0.25, 0.3) is 0 Å². The molecule has 2 rings (SSSR count). The fraction of sp³-hybridized carbons (Fsp3) is 0.500. The highest BCUT2D eigenvalue weighted by Crippen LogP contribution is 1.95. The lowest BCUT2D eigenvalue weighted by Crippen LogP contribution is -2.14. The minimum atomic E-state index is 0.563. The molecule has 0 spiro atoms. The van der Waals surface area contributed by atoms with E-state index in [1.807, 2.05) is 13.2 Å². The molecule has 2 aromatic heterocycles. The molecule has 0 amide bonds. The quantitative estimate of drug-likeness (QED) is 0.749. The lowest BCUT2D eigenvalue weighted by Gasteiger charge is -1.96. The molecule has 80 valence electrons. The number of aryl methyl sites for hydroxylation is 2. The molecular weight excluding hydrogens is 196 g/mol. The van der Waals surface area contributed by atoms with Crippen LogP contribution in [0.15, 0.2) is 10.7 Å². The molecule has 0 unspecified atom stereocenters. The number of nitrogens with zero attached hydrogens (tertiary/aromatic N) is 5. The topological polar surface area (TPSA) is 81.7 Å². The highest BCUT2D eigenvalue weighted by Gasteiger charge is 2.02. The Labute approximate surface area is 86.5 Å². The fourth-order valence-corrected chi connectivity index (χ4v) is 1.19. The maximum absolute atomic E-state index is 4.84. The molecule has 0 aromatic carbocycles. The number of hydrogen-bond acceptors (Lipinski definition) is 6. The van der Waals surface area contributed by atoms with Crippen molar-refractivity contribution in [3.8, 4) is 0 Å². The van der Waals surface area contributed by atoms with E-state index in [0.29, 0.717) is 24.8 Å². The van der Waals surface area contributed by atoms with Crippen LogP contribution < -0.4 is 5.32 Å². The summed E-state index contributed by atoms with van der Waals surface area (Å²) in [7, 11) is 1.83. The predicted molar refractivity (Wildman–Crippen MR) is 50.6 cm³/mol. The monoisotopic (exact) mass is 208 g/mol. The summed E-state index contributed by atoms with van der Waals surface area (Å²) in [6, 6.07) is 0. The van der Waals surface area contributed by atoms with E-state index in [9.17, 15) is 0 Å². The van der Waals surface area contributed by atoms with Gasteiger partial charge in [0.1, 0.15) is 0 Å². The Morgan fingerprint density at radius 3 is 2.93 bits per heavy atom. The van der Waals surface area contributed by atoms with Crippen LogP contribution in [0.3, 0.4) is 0 Å². The van der Waals surface area contributed by atoms with Gasteiger partial charge in [-0.05, 0) is 0 Å². The second-order valence-corrected chi connectivity index (χ2v) is 3.22. The van der Waals surface area contributed by atoms with Gasteiger partial charge in [0.15, 0.2) is 5.82 Å². The third-order valence-electron chi connectivity index (χ3n) is 1.81. The average molecular weight is 208 g/mol. The van der Waals surface area contributed by atoms with Crippen LogP contribution >= 0.6 is 0 Å². The van der Waals surface area contributed by atoms with Crippen molar-refractivity contribution in [3.05, 3.63) is 23.6 Å². The molecular formula is C8H12N6O. The van der Waals surface area contributed by atoms with Crippen LogP contribution in [0.4, 0.5) is 0 Å². The zero-order chi connectivity index (χ0) is 10.7. The summed E-state index contributed by atoms with van der Waals surface area (Å²) in [5, 5.41) is 14.7. The van der Waals surface area contributed by atoms with Gasteiger partial charge in [0.05, 0.1) is 12.2 Å². The third-order valence-corrected chi connectivity index (χ3v) is 1.81. The van der Waals surface area contributed by atoms with Crippen LogP contribution in [0.1, 0.15) is 17.4 Å². The van der Waals surface area contributed by atoms with Crippen molar-refractivity contribution < 1.29 is 4.52 Å². The first-order valence-corrected chi connectivity index (χ1v) is 4.59. The van der Waals surface area contributed by atoms with Gasteiger partial charge in [-0.1, -0.05) is 10.4 Å². The molecule has 2 aromatic rings. The highest BCUT2D eigenvalue weighted by atomic mass is 16.5. The molecule has 0 bridgehead atoms. The molecule has 0 aliphatic rings. The first-order chi connectivity index (χ1) is 7.24. The van der Waals surface area contributed by atoms with Crippen molar-refractivity contribution in [3.63, 3.8) is 0 Å². The van der Waals surface area contributed by atoms with Crippen LogP contribution in [0, 0.1) is 6.92 Å². The van der Waals surface area contributed by atoms with Gasteiger partial charge < -0.3 is 9.84 Å². The first kappa shape index (κ1) is 9.78. The zero-order valence-electron chi connectivity index (χ0n) is 8.64. The number of rotatable bonds is 4. The first-order valence-electron chi connectivity index (χ1n) is 4.59. The van der Waals surface area contributed by atoms with E-state index in [1.165, 1.54) is 0 Å². The maximum Gasteiger partial charge on any atom is 0.223 e. The predicted octanol–water partition coefficient (Wildman–Crippen LogP) is -0.204. The SMILES string of the molecule is Cc1nc(CNCc2cn(C)nn2)no1. The van der Waals surface area contributed by atoms with Gasteiger partial charge in [-0.25, -0.2) is 0 Å². The standard InChI is InChI=1S/C8H12N6O/c1-6-10-8(12-15-6)4-9-3-7-5-14(2)13-11-7/h5,9H,3-4H2,1-2H3. The van der Waals surface area contributed by atoms with E-state index in [0.717, 1.165) is 5.69 Å². The Morgan fingerprint density at radius 1 is 1.47 bits per heavy atom. The molecule has 1 N–H and O–H groups in total. The molecule has 15 heavy (non-hydrogen) atoms. The Bertz CT molecular complexity index is 394. The van der Waals surface area contributed by atoms with Gasteiger partial charge in [0.2, 0.25) is 5.89 Å². The summed E-state index contributed by atoms with van der Waals surface area (Å²) in [4.78, 5) is 4.07. The molecule has 7 heteroatoms. The lowest BCUT2D eigenvalue weighted by atomic mass is 10.4. The summed E-state index contributed by atoms with van der Waals surface area (Å²) < 4.78 is 6.50. The number of nitrogens with one attached hydrogen (secondary N) is 1. The van der Waals surface area contributed by atoms with Crippen LogP contribution in [0.25, 0.3) is 0 Å². The minimum absolute atomic E-state index is 0.563. The van der Waals surface area contributed by atoms with E-state index in [1.54, 1.807) is 11.6 Å². The highest BCUT2D eigenvalue weighted by molar-refractivity contribution is 4.92. The van der Waals surface area contributed by atoms with E-state index < -0.39 is 0 Å². The van der Waals surface area contributed by atoms with E-state index >= 15 is 0 Å². The van der Waals surface area contributed by atoms with E-state index in [-0.39, 0.29) is 0 Å². The summed E-state index contributed by atoms with van der Waals surface area (Å²) in [6.07, 6.45) is 1.86. The Kier molecular flexibility index (Phi) is 2.72. The lowest BCUT2D eigenvalue weighted by molar-refractivity contribution is 0.385. The van der Waals surface area contributed by atoms with E-state index in [2.05, 4.69) is 25.8 Å². The fourth-order valence-electron chi connectivity index (χ4n) is 1.19. The second-order valence-electron chi connectivity index (χ2n) is 3.22. The minimum Gasteiger partial charge on any atom is -0.340 e. The molecule has 0 aliphatic heterocycles. The summed E-state index contributed by atoms with van der Waals surface area (Å²) in [6.45, 7) is 2.97. The molecule has 2 heterocycles. The van der Waals surface area contributed by atoms with Crippen molar-refractivity contribution in [2.45, 2.75) is 20.0 Å². The van der Waals surface area contributed by atoms with Crippen LogP contribution in [-0.2, 0) is 20.1 Å². The van der Waals surface area contributed by atoms with Gasteiger partial charge in [0, 0.05) is 26.7 Å². The van der Waals surface area contributed by atoms with Gasteiger partial charge in [-0.15, -0.1) is 5.10 Å². The van der Waals surface area contributed by atoms with Crippen molar-refractivity contribution in [1.29, 1.82) is 0 Å². The Hall–Kier alpha value is -1.76. The van der Waals surface area contributed by atoms with Crippen molar-refractivity contribution in [2.75, 3.05) is 0 Å². The number of aromatic nitrogens is 5. The Balaban J connectivity index is 1.80. The molecule has 0 saturated heterocycles. The molecule has 7 nitrogen and oxygen atoms in total. The van der Waals surface area contributed by atoms with Gasteiger partial charge in [-0.3, -0.25) is 4.68 Å². The zero-order valence-corrected chi connectivity index (χ0v) is 8.64. The van der Waals surface area contributed by atoms with Crippen LogP contribution in [-0.4, -0.2) is 25.1 Å². The van der Waals surface area contributed by atoms with Gasteiger partial charge in [-0.2, -0.15) is 4.98 Å². The second kappa shape index (κ2) is 4.18. The molecule has 0 aliphatic carbocycles. The maximum atomic E-state index is 4.84. The van der Waals surface area contributed by atoms with Crippen molar-refractivity contribution in [1.82, 2.24) is 30.5 Å².